The number of esters is 2. The molecule has 100 valence electrons. The lowest BCUT2D eigenvalue weighted by atomic mass is 10.2. The molecule has 0 aromatic heterocycles. The van der Waals surface area contributed by atoms with E-state index < -0.39 is 17.9 Å². The maximum Gasteiger partial charge on any atom is 0.338 e. The van der Waals surface area contributed by atoms with Crippen molar-refractivity contribution in [3.8, 4) is 5.75 Å². The number of carboxylic acid groups (broad SMARTS) is 1. The van der Waals surface area contributed by atoms with Crippen molar-refractivity contribution in [3.05, 3.63) is 42.0 Å². The number of ether oxygens (including phenoxy) is 2. The molecule has 0 bridgehead atoms. The standard InChI is InChI=1S/C13H12O6/c1-2-18-13(17)9-4-3-5-10(8-9)19-12(16)7-6-11(14)15/h3-8H,2H2,1H3,(H,14,15)/b7-6+. The van der Waals surface area contributed by atoms with Crippen LogP contribution in [0.1, 0.15) is 17.3 Å². The molecule has 0 spiro atoms. The molecule has 0 fully saturated rings. The molecule has 0 aliphatic rings. The Balaban J connectivity index is 2.74. The second-order valence-electron chi connectivity index (χ2n) is 3.34. The number of carboxylic acids is 1. The fourth-order valence-electron chi connectivity index (χ4n) is 1.19. The van der Waals surface area contributed by atoms with Crippen molar-refractivity contribution in [1.29, 1.82) is 0 Å². The highest BCUT2D eigenvalue weighted by Gasteiger charge is 2.08. The minimum absolute atomic E-state index is 0.130. The number of carbonyl (C=O) groups is 3. The van der Waals surface area contributed by atoms with Gasteiger partial charge in [0.1, 0.15) is 5.75 Å². The molecule has 0 saturated carbocycles. The van der Waals surface area contributed by atoms with Gasteiger partial charge in [-0.15, -0.1) is 0 Å². The quantitative estimate of drug-likeness (QED) is 0.491. The fourth-order valence-corrected chi connectivity index (χ4v) is 1.19. The van der Waals surface area contributed by atoms with Crippen LogP contribution in [0.15, 0.2) is 36.4 Å². The molecule has 0 saturated heterocycles. The summed E-state index contributed by atoms with van der Waals surface area (Å²) in [6.45, 7) is 1.92. The number of benzene rings is 1. The van der Waals surface area contributed by atoms with Gasteiger partial charge in [-0.25, -0.2) is 14.4 Å². The van der Waals surface area contributed by atoms with Gasteiger partial charge in [-0.1, -0.05) is 6.07 Å². The number of hydrogen-bond acceptors (Lipinski definition) is 5. The van der Waals surface area contributed by atoms with Crippen LogP contribution in [-0.4, -0.2) is 29.6 Å². The Morgan fingerprint density at radius 2 is 2.00 bits per heavy atom. The van der Waals surface area contributed by atoms with Crippen molar-refractivity contribution in [1.82, 2.24) is 0 Å². The summed E-state index contributed by atoms with van der Waals surface area (Å²) in [5.74, 6) is -2.49. The Morgan fingerprint density at radius 1 is 1.26 bits per heavy atom. The normalized spacial score (nSPS) is 10.2. The van der Waals surface area contributed by atoms with Crippen LogP contribution >= 0.6 is 0 Å². The van der Waals surface area contributed by atoms with Crippen LogP contribution in [0.4, 0.5) is 0 Å². The summed E-state index contributed by atoms with van der Waals surface area (Å²) in [6.07, 6.45) is 1.44. The van der Waals surface area contributed by atoms with Crippen LogP contribution < -0.4 is 4.74 Å². The van der Waals surface area contributed by atoms with Crippen LogP contribution in [0.2, 0.25) is 0 Å². The van der Waals surface area contributed by atoms with E-state index in [4.69, 9.17) is 14.6 Å². The molecule has 1 N–H and O–H groups in total. The van der Waals surface area contributed by atoms with E-state index in [1.165, 1.54) is 24.3 Å². The van der Waals surface area contributed by atoms with E-state index in [1.54, 1.807) is 6.92 Å². The summed E-state index contributed by atoms with van der Waals surface area (Å²) in [5, 5.41) is 8.35. The van der Waals surface area contributed by atoms with Crippen LogP contribution in [0, 0.1) is 0 Å². The minimum atomic E-state index is -1.25. The van der Waals surface area contributed by atoms with Crippen molar-refractivity contribution in [2.75, 3.05) is 6.61 Å². The van der Waals surface area contributed by atoms with Crippen molar-refractivity contribution in [2.24, 2.45) is 0 Å². The topological polar surface area (TPSA) is 89.9 Å². The predicted molar refractivity (Wildman–Crippen MR) is 64.8 cm³/mol. The zero-order valence-corrected chi connectivity index (χ0v) is 10.2. The van der Waals surface area contributed by atoms with Crippen LogP contribution in [0.5, 0.6) is 5.75 Å². The molecule has 1 aromatic carbocycles. The van der Waals surface area contributed by atoms with Crippen molar-refractivity contribution >= 4 is 17.9 Å². The van der Waals surface area contributed by atoms with Crippen molar-refractivity contribution < 1.29 is 29.0 Å². The van der Waals surface area contributed by atoms with Gasteiger partial charge in [-0.3, -0.25) is 0 Å². The molecular weight excluding hydrogens is 252 g/mol. The van der Waals surface area contributed by atoms with E-state index in [0.29, 0.717) is 6.08 Å². The van der Waals surface area contributed by atoms with E-state index in [9.17, 15) is 14.4 Å². The molecule has 0 heterocycles. The molecule has 0 atom stereocenters. The van der Waals surface area contributed by atoms with Gasteiger partial charge in [0.2, 0.25) is 0 Å². The first-order chi connectivity index (χ1) is 9.02. The van der Waals surface area contributed by atoms with Gasteiger partial charge in [0.05, 0.1) is 12.2 Å². The average molecular weight is 264 g/mol. The summed E-state index contributed by atoms with van der Waals surface area (Å²) < 4.78 is 9.63. The number of carbonyl (C=O) groups excluding carboxylic acids is 2. The highest BCUT2D eigenvalue weighted by molar-refractivity contribution is 5.92. The Bertz CT molecular complexity index is 518. The van der Waals surface area contributed by atoms with Gasteiger partial charge in [-0.2, -0.15) is 0 Å². The highest BCUT2D eigenvalue weighted by atomic mass is 16.5. The molecule has 6 nitrogen and oxygen atoms in total. The monoisotopic (exact) mass is 264 g/mol. The Labute approximate surface area is 109 Å². The SMILES string of the molecule is CCOC(=O)c1cccc(OC(=O)/C=C/C(=O)O)c1. The van der Waals surface area contributed by atoms with Gasteiger partial charge in [-0.05, 0) is 25.1 Å². The average Bonchev–Trinajstić information content (AvgIpc) is 2.37. The van der Waals surface area contributed by atoms with Crippen molar-refractivity contribution in [3.63, 3.8) is 0 Å². The van der Waals surface area contributed by atoms with E-state index in [1.807, 2.05) is 0 Å². The lowest BCUT2D eigenvalue weighted by molar-refractivity contribution is -0.133. The Hall–Kier alpha value is -2.63. The van der Waals surface area contributed by atoms with E-state index in [-0.39, 0.29) is 17.9 Å². The van der Waals surface area contributed by atoms with Gasteiger partial charge in [0.15, 0.2) is 0 Å². The summed E-state index contributed by atoms with van der Waals surface area (Å²) in [6, 6.07) is 5.85. The summed E-state index contributed by atoms with van der Waals surface area (Å²) in [5.41, 5.74) is 0.245. The Morgan fingerprint density at radius 3 is 2.63 bits per heavy atom. The number of hydrogen-bond donors (Lipinski definition) is 1. The van der Waals surface area contributed by atoms with Gasteiger partial charge in [0, 0.05) is 12.2 Å². The predicted octanol–water partition coefficient (Wildman–Crippen LogP) is 1.41. The molecule has 6 heteroatoms. The molecule has 1 aromatic rings. The smallest absolute Gasteiger partial charge is 0.338 e. The highest BCUT2D eigenvalue weighted by Crippen LogP contribution is 2.14. The first-order valence-corrected chi connectivity index (χ1v) is 5.43. The molecule has 19 heavy (non-hydrogen) atoms. The molecular formula is C13H12O6. The third kappa shape index (κ3) is 5.03. The van der Waals surface area contributed by atoms with Crippen LogP contribution in [0.3, 0.4) is 0 Å². The first kappa shape index (κ1) is 14.4. The largest absolute Gasteiger partial charge is 0.478 e. The second-order valence-corrected chi connectivity index (χ2v) is 3.34. The zero-order chi connectivity index (χ0) is 14.3. The maximum absolute atomic E-state index is 11.4. The van der Waals surface area contributed by atoms with E-state index in [2.05, 4.69) is 0 Å². The minimum Gasteiger partial charge on any atom is -0.478 e. The lowest BCUT2D eigenvalue weighted by Crippen LogP contribution is -2.07. The van der Waals surface area contributed by atoms with Crippen molar-refractivity contribution in [2.45, 2.75) is 6.92 Å². The second kappa shape index (κ2) is 6.95. The maximum atomic E-state index is 11.4. The summed E-state index contributed by atoms with van der Waals surface area (Å²) in [4.78, 5) is 32.9. The van der Waals surface area contributed by atoms with Crippen LogP contribution in [-0.2, 0) is 14.3 Å². The molecule has 1 rings (SSSR count). The van der Waals surface area contributed by atoms with Gasteiger partial charge < -0.3 is 14.6 Å². The molecule has 0 aliphatic carbocycles. The number of rotatable bonds is 5. The lowest BCUT2D eigenvalue weighted by Gasteiger charge is -2.04. The van der Waals surface area contributed by atoms with Gasteiger partial charge >= 0.3 is 17.9 Å². The van der Waals surface area contributed by atoms with Crippen LogP contribution in [0.25, 0.3) is 0 Å². The third-order valence-corrected chi connectivity index (χ3v) is 1.93. The molecule has 0 radical (unpaired) electrons. The van der Waals surface area contributed by atoms with E-state index >= 15 is 0 Å². The molecule has 0 amide bonds. The zero-order valence-electron chi connectivity index (χ0n) is 10.2. The summed E-state index contributed by atoms with van der Waals surface area (Å²) >= 11 is 0. The van der Waals surface area contributed by atoms with Gasteiger partial charge in [0.25, 0.3) is 0 Å². The number of aliphatic carboxylic acids is 1. The third-order valence-electron chi connectivity index (χ3n) is 1.93. The molecule has 0 unspecified atom stereocenters. The molecule has 0 aliphatic heterocycles. The summed E-state index contributed by atoms with van der Waals surface area (Å²) in [7, 11) is 0. The first-order valence-electron chi connectivity index (χ1n) is 5.43. The van der Waals surface area contributed by atoms with E-state index in [0.717, 1.165) is 6.08 Å². The Kier molecular flexibility index (Phi) is 5.28. The fraction of sp³-hybridized carbons (Fsp3) is 0.154.